The minimum absolute atomic E-state index is 0.835. The molecule has 0 saturated carbocycles. The van der Waals surface area contributed by atoms with Gasteiger partial charge < -0.3 is 0 Å². The molecule has 1 aromatic carbocycles. The van der Waals surface area contributed by atoms with Gasteiger partial charge in [-0.15, -0.1) is 4.33 Å². The topological polar surface area (TPSA) is 38.7 Å². The van der Waals surface area contributed by atoms with Crippen LogP contribution in [-0.2, 0) is 9.37 Å². The SMILES string of the molecule is OOOSc1ccccc1Br. The van der Waals surface area contributed by atoms with Gasteiger partial charge in [-0.2, -0.15) is 0 Å². The molecule has 11 heavy (non-hydrogen) atoms. The number of hydrogen-bond donors (Lipinski definition) is 1. The Hall–Kier alpha value is -0.0700. The summed E-state index contributed by atoms with van der Waals surface area (Å²) in [7, 11) is 0. The van der Waals surface area contributed by atoms with Gasteiger partial charge in [-0.3, -0.25) is 0 Å². The van der Waals surface area contributed by atoms with E-state index in [1.807, 2.05) is 24.3 Å². The first-order valence-corrected chi connectivity index (χ1v) is 4.27. The summed E-state index contributed by atoms with van der Waals surface area (Å²) in [4.78, 5) is 0.835. The van der Waals surface area contributed by atoms with Crippen LogP contribution in [0.1, 0.15) is 0 Å². The van der Waals surface area contributed by atoms with E-state index in [4.69, 9.17) is 5.26 Å². The first-order valence-electron chi connectivity index (χ1n) is 2.74. The molecule has 60 valence electrons. The van der Waals surface area contributed by atoms with Gasteiger partial charge in [0, 0.05) is 4.47 Å². The quantitative estimate of drug-likeness (QED) is 0.498. The summed E-state index contributed by atoms with van der Waals surface area (Å²) >= 11 is 4.22. The molecule has 0 bridgehead atoms. The van der Waals surface area contributed by atoms with E-state index in [1.165, 1.54) is 0 Å². The molecule has 0 aromatic heterocycles. The molecule has 0 unspecified atom stereocenters. The molecule has 0 heterocycles. The van der Waals surface area contributed by atoms with E-state index in [0.29, 0.717) is 0 Å². The minimum atomic E-state index is 0.835. The van der Waals surface area contributed by atoms with Gasteiger partial charge in [0.15, 0.2) is 0 Å². The Labute approximate surface area is 76.5 Å². The molecule has 0 amide bonds. The van der Waals surface area contributed by atoms with Crippen molar-refractivity contribution < 1.29 is 14.6 Å². The summed E-state index contributed by atoms with van der Waals surface area (Å²) in [5, 5.41) is 11.3. The molecular weight excluding hydrogens is 232 g/mol. The molecule has 3 nitrogen and oxygen atoms in total. The third-order valence-corrected chi connectivity index (χ3v) is 2.61. The molecule has 0 aliphatic heterocycles. The van der Waals surface area contributed by atoms with Crippen LogP contribution in [0.2, 0.25) is 0 Å². The smallest absolute Gasteiger partial charge is 0.0726 e. The van der Waals surface area contributed by atoms with Crippen LogP contribution < -0.4 is 0 Å². The second-order valence-corrected chi connectivity index (χ2v) is 3.25. The lowest BCUT2D eigenvalue weighted by molar-refractivity contribution is -0.432. The van der Waals surface area contributed by atoms with Gasteiger partial charge in [-0.05, 0) is 28.1 Å². The van der Waals surface area contributed by atoms with Gasteiger partial charge >= 0.3 is 0 Å². The van der Waals surface area contributed by atoms with Crippen LogP contribution in [0.25, 0.3) is 0 Å². The lowest BCUT2D eigenvalue weighted by Gasteiger charge is -1.98. The highest BCUT2D eigenvalue weighted by Crippen LogP contribution is 2.27. The fourth-order valence-electron chi connectivity index (χ4n) is 0.564. The third-order valence-electron chi connectivity index (χ3n) is 0.991. The summed E-state index contributed by atoms with van der Waals surface area (Å²) in [6, 6.07) is 7.43. The van der Waals surface area contributed by atoms with Gasteiger partial charge in [0.2, 0.25) is 0 Å². The van der Waals surface area contributed by atoms with Gasteiger partial charge in [-0.25, -0.2) is 5.26 Å². The molecular formula is C6H5BrO3S. The van der Waals surface area contributed by atoms with Crippen LogP contribution in [-0.4, -0.2) is 5.26 Å². The average Bonchev–Trinajstić information content (AvgIpc) is 2.03. The Bertz CT molecular complexity index is 231. The maximum Gasteiger partial charge on any atom is 0.0726 e. The van der Waals surface area contributed by atoms with Crippen molar-refractivity contribution in [1.29, 1.82) is 0 Å². The molecule has 0 fully saturated rings. The highest BCUT2D eigenvalue weighted by Gasteiger charge is 1.99. The Morgan fingerprint density at radius 1 is 1.36 bits per heavy atom. The predicted octanol–water partition coefficient (Wildman–Crippen LogP) is 2.88. The highest BCUT2D eigenvalue weighted by molar-refractivity contribution is 9.10. The normalized spacial score (nSPS) is 10.0. The van der Waals surface area contributed by atoms with Gasteiger partial charge in [-0.1, -0.05) is 17.2 Å². The van der Waals surface area contributed by atoms with E-state index in [1.54, 1.807) is 0 Å². The summed E-state index contributed by atoms with van der Waals surface area (Å²) in [6.07, 6.45) is 0. The zero-order chi connectivity index (χ0) is 8.10. The molecule has 1 rings (SSSR count). The fourth-order valence-corrected chi connectivity index (χ4v) is 1.43. The number of hydrogen-bond acceptors (Lipinski definition) is 4. The largest absolute Gasteiger partial charge is 0.220 e. The molecule has 5 heteroatoms. The summed E-state index contributed by atoms with van der Waals surface area (Å²) in [5.74, 6) is 0. The Morgan fingerprint density at radius 2 is 2.09 bits per heavy atom. The fraction of sp³-hybridized carbons (Fsp3) is 0. The van der Waals surface area contributed by atoms with Crippen molar-refractivity contribution in [2.75, 3.05) is 0 Å². The summed E-state index contributed by atoms with van der Waals surface area (Å²) in [5.41, 5.74) is 0. The van der Waals surface area contributed by atoms with E-state index in [-0.39, 0.29) is 0 Å². The number of halogens is 1. The van der Waals surface area contributed by atoms with E-state index in [2.05, 4.69) is 25.3 Å². The van der Waals surface area contributed by atoms with Crippen LogP contribution in [0.4, 0.5) is 0 Å². The van der Waals surface area contributed by atoms with Gasteiger partial charge in [0.25, 0.3) is 0 Å². The molecule has 0 saturated heterocycles. The molecule has 0 aliphatic carbocycles. The maximum absolute atomic E-state index is 7.86. The van der Waals surface area contributed by atoms with Crippen molar-refractivity contribution in [3.05, 3.63) is 28.7 Å². The van der Waals surface area contributed by atoms with E-state index < -0.39 is 0 Å². The average molecular weight is 237 g/mol. The summed E-state index contributed by atoms with van der Waals surface area (Å²) in [6.45, 7) is 0. The van der Waals surface area contributed by atoms with Crippen molar-refractivity contribution >= 4 is 28.0 Å². The maximum atomic E-state index is 7.86. The zero-order valence-electron chi connectivity index (χ0n) is 5.36. The first-order chi connectivity index (χ1) is 5.34. The van der Waals surface area contributed by atoms with E-state index >= 15 is 0 Å². The lowest BCUT2D eigenvalue weighted by atomic mass is 10.4. The van der Waals surface area contributed by atoms with Crippen molar-refractivity contribution in [2.24, 2.45) is 0 Å². The van der Waals surface area contributed by atoms with Crippen LogP contribution in [0.5, 0.6) is 0 Å². The van der Waals surface area contributed by atoms with Crippen LogP contribution >= 0.6 is 28.0 Å². The first kappa shape index (κ1) is 9.02. The lowest BCUT2D eigenvalue weighted by Crippen LogP contribution is -1.79. The van der Waals surface area contributed by atoms with Crippen molar-refractivity contribution in [3.63, 3.8) is 0 Å². The standard InChI is InChI=1S/C6H5BrO3S/c7-5-3-1-2-4-6(5)11-10-9-8/h1-4,8H. The Balaban J connectivity index is 2.62. The predicted molar refractivity (Wildman–Crippen MR) is 44.8 cm³/mol. The van der Waals surface area contributed by atoms with Gasteiger partial charge in [0.05, 0.1) is 16.9 Å². The summed E-state index contributed by atoms with van der Waals surface area (Å²) < 4.78 is 5.13. The minimum Gasteiger partial charge on any atom is -0.220 e. The van der Waals surface area contributed by atoms with E-state index in [0.717, 1.165) is 21.4 Å². The monoisotopic (exact) mass is 236 g/mol. The van der Waals surface area contributed by atoms with Crippen LogP contribution in [0.15, 0.2) is 33.6 Å². The van der Waals surface area contributed by atoms with Crippen molar-refractivity contribution in [1.82, 2.24) is 0 Å². The second kappa shape index (κ2) is 4.74. The van der Waals surface area contributed by atoms with Crippen LogP contribution in [0.3, 0.4) is 0 Å². The number of benzene rings is 1. The van der Waals surface area contributed by atoms with Crippen molar-refractivity contribution in [3.8, 4) is 0 Å². The molecule has 1 aromatic rings. The van der Waals surface area contributed by atoms with Crippen molar-refractivity contribution in [2.45, 2.75) is 4.90 Å². The second-order valence-electron chi connectivity index (χ2n) is 1.66. The molecule has 0 atom stereocenters. The zero-order valence-corrected chi connectivity index (χ0v) is 7.76. The molecule has 1 N–H and O–H groups in total. The molecule has 0 spiro atoms. The van der Waals surface area contributed by atoms with Crippen LogP contribution in [0, 0.1) is 0 Å². The highest BCUT2D eigenvalue weighted by atomic mass is 79.9. The van der Waals surface area contributed by atoms with E-state index in [9.17, 15) is 0 Å². The Kier molecular flexibility index (Phi) is 3.88. The molecule has 0 radical (unpaired) electrons. The number of rotatable bonds is 3. The Morgan fingerprint density at radius 3 is 2.73 bits per heavy atom. The third kappa shape index (κ3) is 2.80. The molecule has 0 aliphatic rings. The van der Waals surface area contributed by atoms with Gasteiger partial charge in [0.1, 0.15) is 0 Å².